The van der Waals surface area contributed by atoms with Gasteiger partial charge in [0.2, 0.25) is 0 Å². The van der Waals surface area contributed by atoms with E-state index in [1.54, 1.807) is 11.0 Å². The number of halogens is 1. The Morgan fingerprint density at radius 1 is 1.28 bits per heavy atom. The van der Waals surface area contributed by atoms with Gasteiger partial charge in [0.15, 0.2) is 5.82 Å². The largest absolute Gasteiger partial charge is 0.467 e. The van der Waals surface area contributed by atoms with Crippen molar-refractivity contribution in [1.82, 2.24) is 20.1 Å². The molecule has 2 aromatic rings. The predicted octanol–water partition coefficient (Wildman–Crippen LogP) is 1.46. The number of rotatable bonds is 3. The zero-order chi connectivity index (χ0) is 17.2. The van der Waals surface area contributed by atoms with Gasteiger partial charge in [0.05, 0.1) is 36.7 Å². The van der Waals surface area contributed by atoms with Crippen molar-refractivity contribution in [3.05, 3.63) is 48.2 Å². The second-order valence-corrected chi connectivity index (χ2v) is 6.06. The fourth-order valence-corrected chi connectivity index (χ4v) is 3.47. The summed E-state index contributed by atoms with van der Waals surface area (Å²) in [4.78, 5) is 18.5. The molecule has 130 valence electrons. The van der Waals surface area contributed by atoms with Crippen LogP contribution in [-0.4, -0.2) is 57.4 Å². The van der Waals surface area contributed by atoms with E-state index >= 15 is 0 Å². The minimum Gasteiger partial charge on any atom is -0.467 e. The van der Waals surface area contributed by atoms with Gasteiger partial charge in [-0.3, -0.25) is 4.79 Å². The van der Waals surface area contributed by atoms with Gasteiger partial charge < -0.3 is 14.4 Å². The van der Waals surface area contributed by atoms with Crippen LogP contribution in [0.2, 0.25) is 0 Å². The molecule has 4 rings (SSSR count). The quantitative estimate of drug-likeness (QED) is 0.839. The summed E-state index contributed by atoms with van der Waals surface area (Å²) in [5.41, 5.74) is 0.461. The summed E-state index contributed by atoms with van der Waals surface area (Å²) in [5, 5.41) is 7.46. The molecule has 0 radical (unpaired) electrons. The van der Waals surface area contributed by atoms with Crippen LogP contribution in [0.5, 0.6) is 5.88 Å². The minimum absolute atomic E-state index is 0.0622. The van der Waals surface area contributed by atoms with Crippen LogP contribution in [0, 0.1) is 5.82 Å². The third-order valence-corrected chi connectivity index (χ3v) is 4.62. The van der Waals surface area contributed by atoms with Crippen LogP contribution in [0.1, 0.15) is 23.2 Å². The normalized spacial score (nSPS) is 25.5. The van der Waals surface area contributed by atoms with Crippen LogP contribution < -0.4 is 4.74 Å². The van der Waals surface area contributed by atoms with Crippen molar-refractivity contribution in [3.63, 3.8) is 0 Å². The molecule has 2 bridgehead atoms. The van der Waals surface area contributed by atoms with Gasteiger partial charge in [0.1, 0.15) is 6.10 Å². The Bertz CT molecular complexity index is 761. The lowest BCUT2D eigenvalue weighted by molar-refractivity contribution is 0.000308. The Morgan fingerprint density at radius 3 is 3.00 bits per heavy atom. The fourth-order valence-electron chi connectivity index (χ4n) is 3.47. The molecule has 3 heterocycles. The molecule has 2 fully saturated rings. The van der Waals surface area contributed by atoms with E-state index < -0.39 is 11.9 Å². The SMILES string of the molecule is O=C(c1ccnnc1)N1CCO[C@H]2CC[C@H]1[C@@H]2Oc1ncccc1F. The number of hydrogen-bond acceptors (Lipinski definition) is 6. The van der Waals surface area contributed by atoms with Crippen molar-refractivity contribution in [2.45, 2.75) is 31.1 Å². The maximum absolute atomic E-state index is 13.9. The zero-order valence-electron chi connectivity index (χ0n) is 13.4. The number of carbonyl (C=O) groups excluding carboxylic acids is 1. The lowest BCUT2D eigenvalue weighted by Crippen LogP contribution is -2.47. The van der Waals surface area contributed by atoms with Crippen molar-refractivity contribution >= 4 is 5.91 Å². The van der Waals surface area contributed by atoms with Crippen LogP contribution >= 0.6 is 0 Å². The summed E-state index contributed by atoms with van der Waals surface area (Å²) < 4.78 is 25.6. The highest BCUT2D eigenvalue weighted by molar-refractivity contribution is 5.94. The number of amides is 1. The van der Waals surface area contributed by atoms with Crippen molar-refractivity contribution in [3.8, 4) is 5.88 Å². The molecule has 25 heavy (non-hydrogen) atoms. The molecule has 0 spiro atoms. The highest BCUT2D eigenvalue weighted by Crippen LogP contribution is 2.33. The van der Waals surface area contributed by atoms with Gasteiger partial charge in [-0.05, 0) is 31.0 Å². The summed E-state index contributed by atoms with van der Waals surface area (Å²) >= 11 is 0. The van der Waals surface area contributed by atoms with Crippen molar-refractivity contribution in [1.29, 1.82) is 0 Å². The number of nitrogens with zero attached hydrogens (tertiary/aromatic N) is 4. The van der Waals surface area contributed by atoms with Gasteiger partial charge in [-0.1, -0.05) is 0 Å². The van der Waals surface area contributed by atoms with E-state index in [1.807, 2.05) is 0 Å². The Balaban J connectivity index is 1.60. The van der Waals surface area contributed by atoms with Gasteiger partial charge in [0.25, 0.3) is 11.8 Å². The molecule has 0 aromatic carbocycles. The van der Waals surface area contributed by atoms with E-state index in [0.717, 1.165) is 12.8 Å². The molecular formula is C17H17FN4O3. The van der Waals surface area contributed by atoms with Gasteiger partial charge >= 0.3 is 0 Å². The highest BCUT2D eigenvalue weighted by Gasteiger charge is 2.46. The number of pyridine rings is 1. The maximum atomic E-state index is 13.9. The Morgan fingerprint density at radius 2 is 2.20 bits per heavy atom. The van der Waals surface area contributed by atoms with Crippen molar-refractivity contribution in [2.75, 3.05) is 13.2 Å². The van der Waals surface area contributed by atoms with Crippen molar-refractivity contribution in [2.24, 2.45) is 0 Å². The number of aromatic nitrogens is 3. The average Bonchev–Trinajstić information content (AvgIpc) is 2.92. The first kappa shape index (κ1) is 15.9. The Hall–Kier alpha value is -2.61. The lowest BCUT2D eigenvalue weighted by Gasteiger charge is -2.31. The highest BCUT2D eigenvalue weighted by atomic mass is 19.1. The third-order valence-electron chi connectivity index (χ3n) is 4.62. The molecule has 0 unspecified atom stereocenters. The summed E-state index contributed by atoms with van der Waals surface area (Å²) in [6.07, 6.45) is 5.25. The van der Waals surface area contributed by atoms with Crippen LogP contribution in [0.4, 0.5) is 4.39 Å². The van der Waals surface area contributed by atoms with Gasteiger partial charge in [-0.15, -0.1) is 0 Å². The van der Waals surface area contributed by atoms with Gasteiger partial charge in [-0.25, -0.2) is 9.37 Å². The average molecular weight is 344 g/mol. The first-order valence-corrected chi connectivity index (χ1v) is 8.20. The maximum Gasteiger partial charge on any atom is 0.256 e. The third kappa shape index (κ3) is 3.05. The van der Waals surface area contributed by atoms with Crippen LogP contribution in [0.3, 0.4) is 0 Å². The topological polar surface area (TPSA) is 77.4 Å². The van der Waals surface area contributed by atoms with E-state index in [4.69, 9.17) is 9.47 Å². The summed E-state index contributed by atoms with van der Waals surface area (Å²) in [7, 11) is 0. The molecule has 2 aliphatic rings. The summed E-state index contributed by atoms with van der Waals surface area (Å²) in [6.45, 7) is 0.864. The molecule has 3 atom stereocenters. The van der Waals surface area contributed by atoms with E-state index in [2.05, 4.69) is 15.2 Å². The van der Waals surface area contributed by atoms with E-state index in [0.29, 0.717) is 18.7 Å². The van der Waals surface area contributed by atoms with Gasteiger partial charge in [-0.2, -0.15) is 10.2 Å². The van der Waals surface area contributed by atoms with E-state index in [1.165, 1.54) is 30.7 Å². The first-order chi connectivity index (χ1) is 12.2. The number of hydrogen-bond donors (Lipinski definition) is 0. The van der Waals surface area contributed by atoms with Crippen LogP contribution in [-0.2, 0) is 4.74 Å². The molecule has 1 saturated heterocycles. The summed E-state index contributed by atoms with van der Waals surface area (Å²) in [5.74, 6) is -0.739. The summed E-state index contributed by atoms with van der Waals surface area (Å²) in [6, 6.07) is 4.23. The fraction of sp³-hybridized carbons (Fsp3) is 0.412. The number of carbonyl (C=O) groups is 1. The molecule has 1 amide bonds. The minimum atomic E-state index is -0.526. The molecule has 0 N–H and O–H groups in total. The molecule has 1 aliphatic heterocycles. The van der Waals surface area contributed by atoms with Crippen LogP contribution in [0.25, 0.3) is 0 Å². The first-order valence-electron chi connectivity index (χ1n) is 8.20. The molecule has 1 aliphatic carbocycles. The zero-order valence-corrected chi connectivity index (χ0v) is 13.4. The Labute approximate surface area is 143 Å². The van der Waals surface area contributed by atoms with E-state index in [9.17, 15) is 9.18 Å². The monoisotopic (exact) mass is 344 g/mol. The number of fused-ring (bicyclic) bond motifs is 2. The molecule has 8 heteroatoms. The molecular weight excluding hydrogens is 327 g/mol. The molecule has 7 nitrogen and oxygen atoms in total. The standard InChI is InChI=1S/C17H17FN4O3/c18-12-2-1-6-19-16(12)25-15-13-3-4-14(15)24-9-8-22(13)17(23)11-5-7-20-21-10-11/h1-2,5-7,10,13-15H,3-4,8-9H2/t13-,14-,15-/m0/s1. The molecule has 2 aromatic heterocycles. The lowest BCUT2D eigenvalue weighted by atomic mass is 10.1. The molecule has 1 saturated carbocycles. The second-order valence-electron chi connectivity index (χ2n) is 6.06. The van der Waals surface area contributed by atoms with Crippen LogP contribution in [0.15, 0.2) is 36.8 Å². The Kier molecular flexibility index (Phi) is 4.27. The number of ether oxygens (including phenoxy) is 2. The second kappa shape index (κ2) is 6.72. The van der Waals surface area contributed by atoms with E-state index in [-0.39, 0.29) is 23.9 Å². The predicted molar refractivity (Wildman–Crippen MR) is 84.4 cm³/mol. The smallest absolute Gasteiger partial charge is 0.256 e. The van der Waals surface area contributed by atoms with Gasteiger partial charge in [0, 0.05) is 12.7 Å². The van der Waals surface area contributed by atoms with Crippen molar-refractivity contribution < 1.29 is 18.7 Å².